The van der Waals surface area contributed by atoms with E-state index in [1.165, 1.54) is 6.92 Å². The molecule has 0 saturated carbocycles. The standard InChI is InChI=1S/C11H13ClN2O2/c1-8(15)9-2-3-10(12)13-11(9)14-4-6-16-7-5-14/h2-3H,4-7H2,1H3. The van der Waals surface area contributed by atoms with Gasteiger partial charge in [0, 0.05) is 13.1 Å². The summed E-state index contributed by atoms with van der Waals surface area (Å²) in [6.45, 7) is 4.34. The fourth-order valence-corrected chi connectivity index (χ4v) is 1.86. The van der Waals surface area contributed by atoms with Crippen LogP contribution in [0.1, 0.15) is 17.3 Å². The predicted molar refractivity (Wildman–Crippen MR) is 62.3 cm³/mol. The van der Waals surface area contributed by atoms with Crippen LogP contribution in [0.3, 0.4) is 0 Å². The third-order valence-corrected chi connectivity index (χ3v) is 2.74. The Morgan fingerprint density at radius 1 is 1.44 bits per heavy atom. The molecule has 0 spiro atoms. The van der Waals surface area contributed by atoms with Gasteiger partial charge in [-0.05, 0) is 19.1 Å². The highest BCUT2D eigenvalue weighted by Crippen LogP contribution is 2.22. The largest absolute Gasteiger partial charge is 0.378 e. The van der Waals surface area contributed by atoms with Crippen LogP contribution in [0.4, 0.5) is 5.82 Å². The van der Waals surface area contributed by atoms with Crippen LogP contribution < -0.4 is 4.90 Å². The first-order valence-corrected chi connectivity index (χ1v) is 5.56. The average molecular weight is 241 g/mol. The van der Waals surface area contributed by atoms with Crippen molar-refractivity contribution in [3.05, 3.63) is 22.8 Å². The molecule has 1 aromatic rings. The highest BCUT2D eigenvalue weighted by Gasteiger charge is 2.18. The summed E-state index contributed by atoms with van der Waals surface area (Å²) in [4.78, 5) is 17.7. The summed E-state index contributed by atoms with van der Waals surface area (Å²) in [5.74, 6) is 0.675. The number of hydrogen-bond donors (Lipinski definition) is 0. The summed E-state index contributed by atoms with van der Waals surface area (Å²) < 4.78 is 5.26. The molecule has 0 aromatic carbocycles. The topological polar surface area (TPSA) is 42.4 Å². The average Bonchev–Trinajstić information content (AvgIpc) is 2.29. The Hall–Kier alpha value is -1.13. The lowest BCUT2D eigenvalue weighted by molar-refractivity contribution is 0.101. The minimum absolute atomic E-state index is 0.00524. The number of morpholine rings is 1. The zero-order valence-electron chi connectivity index (χ0n) is 9.07. The number of ketones is 1. The van der Waals surface area contributed by atoms with Crippen LogP contribution in [0.5, 0.6) is 0 Å². The van der Waals surface area contributed by atoms with E-state index in [0.717, 1.165) is 13.1 Å². The number of halogens is 1. The molecule has 0 unspecified atom stereocenters. The van der Waals surface area contributed by atoms with E-state index in [2.05, 4.69) is 4.98 Å². The van der Waals surface area contributed by atoms with E-state index in [9.17, 15) is 4.79 Å². The number of pyridine rings is 1. The Morgan fingerprint density at radius 3 is 2.75 bits per heavy atom. The minimum Gasteiger partial charge on any atom is -0.378 e. The zero-order valence-corrected chi connectivity index (χ0v) is 9.83. The number of nitrogens with zero attached hydrogens (tertiary/aromatic N) is 2. The van der Waals surface area contributed by atoms with Gasteiger partial charge in [-0.15, -0.1) is 0 Å². The van der Waals surface area contributed by atoms with Crippen molar-refractivity contribution < 1.29 is 9.53 Å². The molecule has 0 amide bonds. The second-order valence-corrected chi connectivity index (χ2v) is 4.05. The number of rotatable bonds is 2. The van der Waals surface area contributed by atoms with Crippen LogP contribution in [-0.4, -0.2) is 37.1 Å². The molecule has 16 heavy (non-hydrogen) atoms. The van der Waals surface area contributed by atoms with Crippen LogP contribution in [-0.2, 0) is 4.74 Å². The van der Waals surface area contributed by atoms with Gasteiger partial charge in [0.2, 0.25) is 0 Å². The van der Waals surface area contributed by atoms with Crippen molar-refractivity contribution in [3.8, 4) is 0 Å². The molecule has 4 nitrogen and oxygen atoms in total. The van der Waals surface area contributed by atoms with Crippen LogP contribution >= 0.6 is 11.6 Å². The van der Waals surface area contributed by atoms with Gasteiger partial charge in [-0.2, -0.15) is 0 Å². The Morgan fingerprint density at radius 2 is 2.12 bits per heavy atom. The number of anilines is 1. The van der Waals surface area contributed by atoms with Crippen molar-refractivity contribution in [2.24, 2.45) is 0 Å². The van der Waals surface area contributed by atoms with E-state index >= 15 is 0 Å². The second kappa shape index (κ2) is 4.80. The van der Waals surface area contributed by atoms with Crippen LogP contribution in [0.25, 0.3) is 0 Å². The molecule has 1 saturated heterocycles. The van der Waals surface area contributed by atoms with Crippen LogP contribution in [0.15, 0.2) is 12.1 Å². The predicted octanol–water partition coefficient (Wildman–Crippen LogP) is 1.77. The summed E-state index contributed by atoms with van der Waals surface area (Å²) in [5.41, 5.74) is 0.617. The molecule has 86 valence electrons. The van der Waals surface area contributed by atoms with Gasteiger partial charge in [0.15, 0.2) is 5.78 Å². The number of hydrogen-bond acceptors (Lipinski definition) is 4. The van der Waals surface area contributed by atoms with Crippen molar-refractivity contribution in [2.45, 2.75) is 6.92 Å². The number of carbonyl (C=O) groups excluding carboxylic acids is 1. The molecule has 1 aliphatic heterocycles. The second-order valence-electron chi connectivity index (χ2n) is 3.66. The first kappa shape index (κ1) is 11.4. The van der Waals surface area contributed by atoms with Crippen molar-refractivity contribution in [2.75, 3.05) is 31.2 Å². The van der Waals surface area contributed by atoms with Gasteiger partial charge < -0.3 is 9.64 Å². The molecule has 2 rings (SSSR count). The lowest BCUT2D eigenvalue weighted by Gasteiger charge is -2.29. The maximum Gasteiger partial charge on any atom is 0.163 e. The Bertz CT molecular complexity index is 403. The molecule has 0 bridgehead atoms. The normalized spacial score (nSPS) is 16.2. The first-order chi connectivity index (χ1) is 7.68. The molecular weight excluding hydrogens is 228 g/mol. The Balaban J connectivity index is 2.36. The molecule has 1 aliphatic rings. The van der Waals surface area contributed by atoms with Gasteiger partial charge in [-0.25, -0.2) is 4.98 Å². The molecule has 1 fully saturated rings. The molecular formula is C11H13ClN2O2. The maximum atomic E-state index is 11.5. The third kappa shape index (κ3) is 2.33. The fraction of sp³-hybridized carbons (Fsp3) is 0.455. The summed E-state index contributed by atoms with van der Waals surface area (Å²) in [6.07, 6.45) is 0. The molecule has 0 atom stereocenters. The lowest BCUT2D eigenvalue weighted by Crippen LogP contribution is -2.37. The molecule has 0 N–H and O–H groups in total. The highest BCUT2D eigenvalue weighted by molar-refractivity contribution is 6.29. The fourth-order valence-electron chi connectivity index (χ4n) is 1.72. The van der Waals surface area contributed by atoms with E-state index in [1.807, 2.05) is 4.90 Å². The zero-order chi connectivity index (χ0) is 11.5. The third-order valence-electron chi connectivity index (χ3n) is 2.53. The number of carbonyl (C=O) groups is 1. The quantitative estimate of drug-likeness (QED) is 0.584. The molecule has 0 radical (unpaired) electrons. The number of ether oxygens (including phenoxy) is 1. The SMILES string of the molecule is CC(=O)c1ccc(Cl)nc1N1CCOCC1. The molecule has 5 heteroatoms. The maximum absolute atomic E-state index is 11.5. The van der Waals surface area contributed by atoms with Gasteiger partial charge in [-0.3, -0.25) is 4.79 Å². The van der Waals surface area contributed by atoms with Crippen molar-refractivity contribution in [1.29, 1.82) is 0 Å². The van der Waals surface area contributed by atoms with Crippen LogP contribution in [0.2, 0.25) is 5.15 Å². The first-order valence-electron chi connectivity index (χ1n) is 5.18. The van der Waals surface area contributed by atoms with Gasteiger partial charge in [-0.1, -0.05) is 11.6 Å². The lowest BCUT2D eigenvalue weighted by atomic mass is 10.1. The summed E-state index contributed by atoms with van der Waals surface area (Å²) >= 11 is 5.86. The van der Waals surface area contributed by atoms with E-state index in [1.54, 1.807) is 12.1 Å². The van der Waals surface area contributed by atoms with Crippen molar-refractivity contribution in [1.82, 2.24) is 4.98 Å². The number of aromatic nitrogens is 1. The van der Waals surface area contributed by atoms with E-state index < -0.39 is 0 Å². The van der Waals surface area contributed by atoms with Crippen molar-refractivity contribution in [3.63, 3.8) is 0 Å². The molecule has 2 heterocycles. The Labute approximate surface area is 99.2 Å². The van der Waals surface area contributed by atoms with Gasteiger partial charge >= 0.3 is 0 Å². The van der Waals surface area contributed by atoms with E-state index in [4.69, 9.17) is 16.3 Å². The molecule has 1 aromatic heterocycles. The molecule has 0 aliphatic carbocycles. The minimum atomic E-state index is 0.00524. The van der Waals surface area contributed by atoms with E-state index in [0.29, 0.717) is 29.7 Å². The summed E-state index contributed by atoms with van der Waals surface area (Å²) in [7, 11) is 0. The van der Waals surface area contributed by atoms with Gasteiger partial charge in [0.1, 0.15) is 11.0 Å². The van der Waals surface area contributed by atoms with Crippen LogP contribution in [0, 0.1) is 0 Å². The van der Waals surface area contributed by atoms with Gasteiger partial charge in [0.25, 0.3) is 0 Å². The van der Waals surface area contributed by atoms with Gasteiger partial charge in [0.05, 0.1) is 18.8 Å². The number of Topliss-reactive ketones (excluding diaryl/α,β-unsaturated/α-hetero) is 1. The summed E-state index contributed by atoms with van der Waals surface area (Å²) in [5, 5.41) is 0.409. The smallest absolute Gasteiger partial charge is 0.163 e. The van der Waals surface area contributed by atoms with Crippen molar-refractivity contribution >= 4 is 23.2 Å². The summed E-state index contributed by atoms with van der Waals surface area (Å²) in [6, 6.07) is 3.37. The Kier molecular flexibility index (Phi) is 3.41. The highest BCUT2D eigenvalue weighted by atomic mass is 35.5. The van der Waals surface area contributed by atoms with E-state index in [-0.39, 0.29) is 5.78 Å². The monoisotopic (exact) mass is 240 g/mol.